The molecule has 5 rings (SSSR count). The van der Waals surface area contributed by atoms with Gasteiger partial charge in [-0.05, 0) is 62.6 Å². The van der Waals surface area contributed by atoms with Crippen LogP contribution >= 0.6 is 11.3 Å². The molecule has 1 fully saturated rings. The molecule has 4 aromatic rings. The van der Waals surface area contributed by atoms with Crippen LogP contribution < -0.4 is 9.64 Å². The van der Waals surface area contributed by atoms with E-state index >= 15 is 0 Å². The van der Waals surface area contributed by atoms with E-state index in [9.17, 15) is 19.5 Å². The summed E-state index contributed by atoms with van der Waals surface area (Å²) in [6.07, 6.45) is 0. The molecule has 1 saturated heterocycles. The first kappa shape index (κ1) is 28.8. The summed E-state index contributed by atoms with van der Waals surface area (Å²) in [4.78, 5) is 45.6. The van der Waals surface area contributed by atoms with Crippen molar-refractivity contribution >= 4 is 39.9 Å². The van der Waals surface area contributed by atoms with Gasteiger partial charge in [-0.2, -0.15) is 0 Å². The summed E-state index contributed by atoms with van der Waals surface area (Å²) in [5.41, 5.74) is 4.03. The van der Waals surface area contributed by atoms with E-state index in [1.54, 1.807) is 39.0 Å². The number of hydrogen-bond acceptors (Lipinski definition) is 8. The zero-order valence-electron chi connectivity index (χ0n) is 23.7. The Morgan fingerprint density at radius 1 is 1.00 bits per heavy atom. The van der Waals surface area contributed by atoms with Crippen LogP contribution in [0.25, 0.3) is 5.76 Å². The highest BCUT2D eigenvalue weighted by atomic mass is 32.1. The van der Waals surface area contributed by atoms with Crippen LogP contribution in [0, 0.1) is 20.8 Å². The van der Waals surface area contributed by atoms with Crippen LogP contribution in [-0.2, 0) is 20.9 Å². The molecule has 1 N–H and O–H groups in total. The first-order chi connectivity index (χ1) is 20.2. The van der Waals surface area contributed by atoms with Gasteiger partial charge in [0.05, 0.1) is 23.9 Å². The second-order valence-corrected chi connectivity index (χ2v) is 10.9. The first-order valence-electron chi connectivity index (χ1n) is 13.5. The number of benzene rings is 3. The number of ketones is 1. The highest BCUT2D eigenvalue weighted by Crippen LogP contribution is 2.44. The molecule has 1 aromatic heterocycles. The summed E-state index contributed by atoms with van der Waals surface area (Å²) in [5.74, 6) is -1.92. The minimum atomic E-state index is -0.959. The van der Waals surface area contributed by atoms with Crippen molar-refractivity contribution in [1.29, 1.82) is 0 Å². The van der Waals surface area contributed by atoms with Crippen molar-refractivity contribution in [3.05, 3.63) is 117 Å². The molecule has 42 heavy (non-hydrogen) atoms. The van der Waals surface area contributed by atoms with Crippen molar-refractivity contribution in [3.8, 4) is 5.75 Å². The van der Waals surface area contributed by atoms with Gasteiger partial charge < -0.3 is 14.6 Å². The topological polar surface area (TPSA) is 106 Å². The number of aryl methyl sites for hydroxylation is 3. The zero-order valence-corrected chi connectivity index (χ0v) is 24.5. The third-order valence-electron chi connectivity index (χ3n) is 6.99. The lowest BCUT2D eigenvalue weighted by molar-refractivity contribution is -0.132. The SMILES string of the molecule is CCOC(=O)c1sc(N2C(=O)C(=O)/C(=C(/O)c3ccc(OCc4ccccc4)cc3C)[C@H]2c2ccc(C)cc2)nc1C. The molecule has 2 heterocycles. The Morgan fingerprint density at radius 2 is 1.71 bits per heavy atom. The van der Waals surface area contributed by atoms with Gasteiger partial charge in [-0.1, -0.05) is 71.5 Å². The normalized spacial score (nSPS) is 16.1. The largest absolute Gasteiger partial charge is 0.507 e. The lowest BCUT2D eigenvalue weighted by Gasteiger charge is -2.23. The molecule has 0 spiro atoms. The van der Waals surface area contributed by atoms with Crippen LogP contribution in [0.15, 0.2) is 78.4 Å². The number of esters is 1. The number of nitrogens with zero attached hydrogens (tertiary/aromatic N) is 2. The fourth-order valence-corrected chi connectivity index (χ4v) is 5.83. The predicted octanol–water partition coefficient (Wildman–Crippen LogP) is 6.45. The van der Waals surface area contributed by atoms with Gasteiger partial charge >= 0.3 is 11.9 Å². The van der Waals surface area contributed by atoms with Crippen molar-refractivity contribution in [3.63, 3.8) is 0 Å². The number of aromatic nitrogens is 1. The summed E-state index contributed by atoms with van der Waals surface area (Å²) < 4.78 is 11.1. The van der Waals surface area contributed by atoms with Crippen molar-refractivity contribution in [1.82, 2.24) is 4.98 Å². The number of ether oxygens (including phenoxy) is 2. The molecule has 8 nitrogen and oxygen atoms in total. The number of amides is 1. The van der Waals surface area contributed by atoms with Gasteiger partial charge in [0, 0.05) is 5.56 Å². The van der Waals surface area contributed by atoms with E-state index in [1.807, 2.05) is 61.5 Å². The number of Topliss-reactive ketones (excluding diaryl/α,β-unsaturated/α-hetero) is 1. The first-order valence-corrected chi connectivity index (χ1v) is 14.3. The van der Waals surface area contributed by atoms with Crippen LogP contribution in [0.4, 0.5) is 5.13 Å². The predicted molar refractivity (Wildman–Crippen MR) is 161 cm³/mol. The molecule has 214 valence electrons. The molecule has 0 unspecified atom stereocenters. The van der Waals surface area contributed by atoms with E-state index in [0.29, 0.717) is 34.7 Å². The summed E-state index contributed by atoms with van der Waals surface area (Å²) in [5, 5.41) is 11.8. The average molecular weight is 583 g/mol. The molecule has 0 radical (unpaired) electrons. The van der Waals surface area contributed by atoms with Crippen LogP contribution in [0.2, 0.25) is 0 Å². The summed E-state index contributed by atoms with van der Waals surface area (Å²) in [6, 6.07) is 21.3. The maximum absolute atomic E-state index is 13.6. The van der Waals surface area contributed by atoms with E-state index in [2.05, 4.69) is 4.98 Å². The fourth-order valence-electron chi connectivity index (χ4n) is 4.84. The number of hydrogen-bond donors (Lipinski definition) is 1. The number of anilines is 1. The third-order valence-corrected chi connectivity index (χ3v) is 8.13. The van der Waals surface area contributed by atoms with Crippen LogP contribution in [0.1, 0.15) is 56.1 Å². The second-order valence-electron chi connectivity index (χ2n) is 9.96. The minimum Gasteiger partial charge on any atom is -0.507 e. The number of aliphatic hydroxyl groups is 1. The number of carbonyl (C=O) groups is 3. The van der Waals surface area contributed by atoms with Crippen LogP contribution in [0.3, 0.4) is 0 Å². The number of rotatable bonds is 8. The fraction of sp³-hybridized carbons (Fsp3) is 0.212. The lowest BCUT2D eigenvalue weighted by atomic mass is 9.93. The lowest BCUT2D eigenvalue weighted by Crippen LogP contribution is -2.29. The Bertz CT molecular complexity index is 1690. The second kappa shape index (κ2) is 12.0. The maximum Gasteiger partial charge on any atom is 0.350 e. The molecule has 0 aliphatic carbocycles. The van der Waals surface area contributed by atoms with Crippen molar-refractivity contribution in [2.24, 2.45) is 0 Å². The highest BCUT2D eigenvalue weighted by molar-refractivity contribution is 7.17. The van der Waals surface area contributed by atoms with E-state index in [-0.39, 0.29) is 27.9 Å². The van der Waals surface area contributed by atoms with E-state index in [0.717, 1.165) is 22.5 Å². The van der Waals surface area contributed by atoms with Gasteiger partial charge in [-0.25, -0.2) is 9.78 Å². The molecular weight excluding hydrogens is 552 g/mol. The van der Waals surface area contributed by atoms with Gasteiger partial charge in [-0.3, -0.25) is 14.5 Å². The Morgan fingerprint density at radius 3 is 2.38 bits per heavy atom. The zero-order chi connectivity index (χ0) is 30.0. The number of aliphatic hydroxyl groups excluding tert-OH is 1. The monoisotopic (exact) mass is 582 g/mol. The molecule has 0 bridgehead atoms. The van der Waals surface area contributed by atoms with Gasteiger partial charge in [0.1, 0.15) is 23.0 Å². The molecule has 1 atom stereocenters. The van der Waals surface area contributed by atoms with Gasteiger partial charge in [0.2, 0.25) is 0 Å². The van der Waals surface area contributed by atoms with Crippen molar-refractivity contribution in [2.45, 2.75) is 40.3 Å². The van der Waals surface area contributed by atoms with E-state index in [1.165, 1.54) is 4.90 Å². The molecule has 9 heteroatoms. The molecule has 0 saturated carbocycles. The van der Waals surface area contributed by atoms with Gasteiger partial charge in [-0.15, -0.1) is 0 Å². The third kappa shape index (κ3) is 5.56. The molecular formula is C33H30N2O6S. The summed E-state index contributed by atoms with van der Waals surface area (Å²) in [7, 11) is 0. The summed E-state index contributed by atoms with van der Waals surface area (Å²) >= 11 is 0.977. The minimum absolute atomic E-state index is 0.0598. The quantitative estimate of drug-likeness (QED) is 0.110. The molecule has 1 aliphatic rings. The van der Waals surface area contributed by atoms with Crippen LogP contribution in [0.5, 0.6) is 5.75 Å². The van der Waals surface area contributed by atoms with E-state index in [4.69, 9.17) is 9.47 Å². The van der Waals surface area contributed by atoms with Crippen molar-refractivity contribution in [2.75, 3.05) is 11.5 Å². The van der Waals surface area contributed by atoms with E-state index < -0.39 is 23.7 Å². The number of carbonyl (C=O) groups excluding carboxylic acids is 3. The Balaban J connectivity index is 1.57. The standard InChI is InChI=1S/C33H30N2O6S/c1-5-40-32(39)30-21(4)34-33(42-30)35-27(23-13-11-19(2)12-14-23)26(29(37)31(35)38)28(36)25-16-15-24(17-20(25)3)41-18-22-9-7-6-8-10-22/h6-17,27,36H,5,18H2,1-4H3/b28-26+/t27-/m1/s1. The highest BCUT2D eigenvalue weighted by Gasteiger charge is 2.48. The Labute approximate surface area is 247 Å². The van der Waals surface area contributed by atoms with Crippen LogP contribution in [-0.4, -0.2) is 34.4 Å². The Kier molecular flexibility index (Phi) is 8.22. The van der Waals surface area contributed by atoms with Gasteiger partial charge in [0.15, 0.2) is 5.13 Å². The number of thiazole rings is 1. The smallest absolute Gasteiger partial charge is 0.350 e. The van der Waals surface area contributed by atoms with Crippen molar-refractivity contribution < 1.29 is 29.0 Å². The summed E-state index contributed by atoms with van der Waals surface area (Å²) in [6.45, 7) is 7.65. The van der Waals surface area contributed by atoms with Gasteiger partial charge in [0.25, 0.3) is 5.78 Å². The average Bonchev–Trinajstić information content (AvgIpc) is 3.49. The molecule has 1 amide bonds. The molecule has 1 aliphatic heterocycles. The molecule has 3 aromatic carbocycles. The Hall–Kier alpha value is -4.76. The maximum atomic E-state index is 13.6.